The van der Waals surface area contributed by atoms with Crippen LogP contribution in [0.15, 0.2) is 36.8 Å². The Morgan fingerprint density at radius 1 is 1.29 bits per heavy atom. The molecular formula is C22H25F3N7O2+. The molecule has 1 amide bonds. The normalized spacial score (nSPS) is 13.7. The smallest absolute Gasteiger partial charge is 0.421 e. The van der Waals surface area contributed by atoms with Crippen LogP contribution in [-0.2, 0) is 19.8 Å². The van der Waals surface area contributed by atoms with Crippen LogP contribution in [-0.4, -0.2) is 46.0 Å². The molecule has 12 heteroatoms. The quantitative estimate of drug-likeness (QED) is 0.453. The number of anilines is 3. The molecule has 0 unspecified atom stereocenters. The molecule has 3 heterocycles. The van der Waals surface area contributed by atoms with E-state index < -0.39 is 11.7 Å². The highest BCUT2D eigenvalue weighted by Crippen LogP contribution is 2.35. The van der Waals surface area contributed by atoms with Gasteiger partial charge in [-0.2, -0.15) is 18.2 Å². The number of amides is 1. The summed E-state index contributed by atoms with van der Waals surface area (Å²) in [5, 5.41) is 5.62. The number of hydrogen-bond donors (Lipinski definition) is 3. The van der Waals surface area contributed by atoms with Crippen LogP contribution in [0.25, 0.3) is 0 Å². The van der Waals surface area contributed by atoms with Crippen LogP contribution >= 0.6 is 0 Å². The van der Waals surface area contributed by atoms with Crippen molar-refractivity contribution in [2.24, 2.45) is 7.05 Å². The van der Waals surface area contributed by atoms with Crippen molar-refractivity contribution >= 4 is 23.4 Å². The van der Waals surface area contributed by atoms with E-state index >= 15 is 0 Å². The summed E-state index contributed by atoms with van der Waals surface area (Å²) in [7, 11) is 3.22. The minimum Gasteiger partial charge on any atom is -0.495 e. The lowest BCUT2D eigenvalue weighted by atomic mass is 10.1. The van der Waals surface area contributed by atoms with Gasteiger partial charge in [0, 0.05) is 24.8 Å². The summed E-state index contributed by atoms with van der Waals surface area (Å²) in [4.78, 5) is 25.3. The molecule has 0 aliphatic carbocycles. The van der Waals surface area contributed by atoms with Crippen molar-refractivity contribution in [3.05, 3.63) is 53.7 Å². The van der Waals surface area contributed by atoms with Crippen LogP contribution in [0, 0.1) is 0 Å². The zero-order valence-electron chi connectivity index (χ0n) is 18.7. The van der Waals surface area contributed by atoms with Gasteiger partial charge in [0.15, 0.2) is 0 Å². The highest BCUT2D eigenvalue weighted by atomic mass is 19.4. The predicted molar refractivity (Wildman–Crippen MR) is 118 cm³/mol. The molecule has 3 aromatic rings. The molecule has 1 aromatic carbocycles. The molecule has 4 rings (SSSR count). The average molecular weight is 476 g/mol. The lowest BCUT2D eigenvalue weighted by Gasteiger charge is -2.17. The maximum atomic E-state index is 13.5. The number of aryl methyl sites for hydroxylation is 1. The Labute approximate surface area is 194 Å². The third-order valence-electron chi connectivity index (χ3n) is 5.58. The Morgan fingerprint density at radius 3 is 2.71 bits per heavy atom. The fourth-order valence-corrected chi connectivity index (χ4v) is 3.72. The molecule has 0 spiro atoms. The molecule has 0 saturated carbocycles. The molecular weight excluding hydrogens is 451 g/mol. The molecule has 34 heavy (non-hydrogen) atoms. The van der Waals surface area contributed by atoms with Crippen LogP contribution < -0.4 is 19.9 Å². The Kier molecular flexibility index (Phi) is 6.57. The van der Waals surface area contributed by atoms with Gasteiger partial charge in [-0.25, -0.2) is 14.5 Å². The largest absolute Gasteiger partial charge is 0.495 e. The van der Waals surface area contributed by atoms with E-state index in [1.165, 1.54) is 7.11 Å². The van der Waals surface area contributed by atoms with E-state index in [0.717, 1.165) is 32.1 Å². The van der Waals surface area contributed by atoms with Crippen LogP contribution in [0.1, 0.15) is 34.6 Å². The molecule has 1 saturated heterocycles. The topological polar surface area (TPSA) is 99.0 Å². The zero-order valence-corrected chi connectivity index (χ0v) is 18.7. The molecule has 1 aliphatic heterocycles. The van der Waals surface area contributed by atoms with E-state index in [-0.39, 0.29) is 24.2 Å². The second kappa shape index (κ2) is 9.57. The number of hydrogen-bond acceptors (Lipinski definition) is 6. The number of carbonyl (C=O) groups excluding carboxylic acids is 1. The van der Waals surface area contributed by atoms with Gasteiger partial charge in [-0.15, -0.1) is 0 Å². The molecule has 0 bridgehead atoms. The number of halogens is 3. The summed E-state index contributed by atoms with van der Waals surface area (Å²) in [6.45, 7) is 1.54. The van der Waals surface area contributed by atoms with Gasteiger partial charge < -0.3 is 20.3 Å². The molecule has 0 atom stereocenters. The number of alkyl halides is 3. The summed E-state index contributed by atoms with van der Waals surface area (Å²) < 4.78 is 47.7. The van der Waals surface area contributed by atoms with Crippen LogP contribution in [0.3, 0.4) is 0 Å². The summed E-state index contributed by atoms with van der Waals surface area (Å²) in [6.07, 6.45) is 1.48. The maximum absolute atomic E-state index is 13.5. The first kappa shape index (κ1) is 23.3. The number of nitrogens with zero attached hydrogens (tertiary/aromatic N) is 4. The highest BCUT2D eigenvalue weighted by Gasteiger charge is 2.35. The van der Waals surface area contributed by atoms with Gasteiger partial charge in [-0.05, 0) is 31.0 Å². The highest BCUT2D eigenvalue weighted by molar-refractivity contribution is 5.95. The molecule has 3 N–H and O–H groups in total. The SMILES string of the molecule is COc1cc(C(=O)N2CCCC2)ccc1Nc1ncc(C(F)(F)F)c(NCc2[nH]cc[n+]2C)n1. The number of benzene rings is 1. The van der Waals surface area contributed by atoms with Gasteiger partial charge in [0.1, 0.15) is 36.1 Å². The molecule has 9 nitrogen and oxygen atoms in total. The maximum Gasteiger partial charge on any atom is 0.421 e. The van der Waals surface area contributed by atoms with E-state index in [1.54, 1.807) is 47.1 Å². The Morgan fingerprint density at radius 2 is 2.06 bits per heavy atom. The monoisotopic (exact) mass is 476 g/mol. The van der Waals surface area contributed by atoms with Gasteiger partial charge >= 0.3 is 6.18 Å². The number of imidazole rings is 1. The number of aromatic nitrogens is 4. The average Bonchev–Trinajstić information content (AvgIpc) is 3.49. The fraction of sp³-hybridized carbons (Fsp3) is 0.364. The van der Waals surface area contributed by atoms with Crippen molar-refractivity contribution in [1.82, 2.24) is 19.9 Å². The number of rotatable bonds is 7. The minimum absolute atomic E-state index is 0.0525. The molecule has 0 radical (unpaired) electrons. The van der Waals surface area contributed by atoms with Crippen LogP contribution in [0.2, 0.25) is 0 Å². The minimum atomic E-state index is -4.63. The van der Waals surface area contributed by atoms with Gasteiger partial charge in [0.25, 0.3) is 11.7 Å². The Hall–Kier alpha value is -3.83. The number of likely N-dealkylation sites (tertiary alicyclic amines) is 1. The first-order valence-corrected chi connectivity index (χ1v) is 10.7. The van der Waals surface area contributed by atoms with Crippen molar-refractivity contribution < 1.29 is 27.3 Å². The summed E-state index contributed by atoms with van der Waals surface area (Å²) >= 11 is 0. The third-order valence-corrected chi connectivity index (χ3v) is 5.58. The van der Waals surface area contributed by atoms with E-state index in [0.29, 0.717) is 22.8 Å². The standard InChI is InChI=1S/C22H24F3N7O2/c1-31-10-7-26-18(31)13-27-19-15(22(23,24)25)12-28-21(30-19)29-16-6-5-14(11-17(16)34-2)20(33)32-8-3-4-9-32/h5-7,10-12H,3-4,8-9,13H2,1-2H3,(H2,27,28,29,30,33)/p+1. The van der Waals surface area contributed by atoms with Crippen molar-refractivity contribution in [3.8, 4) is 5.75 Å². The summed E-state index contributed by atoms with van der Waals surface area (Å²) in [6, 6.07) is 4.85. The van der Waals surface area contributed by atoms with Gasteiger partial charge in [0.05, 0.1) is 19.8 Å². The van der Waals surface area contributed by atoms with E-state index in [2.05, 4.69) is 25.6 Å². The molecule has 1 fully saturated rings. The number of methoxy groups -OCH3 is 1. The fourth-order valence-electron chi connectivity index (χ4n) is 3.72. The Bertz CT molecular complexity index is 1170. The number of ether oxygens (including phenoxy) is 1. The second-order valence-corrected chi connectivity index (χ2v) is 7.86. The second-order valence-electron chi connectivity index (χ2n) is 7.86. The van der Waals surface area contributed by atoms with Gasteiger partial charge in [-0.1, -0.05) is 0 Å². The summed E-state index contributed by atoms with van der Waals surface area (Å²) in [5.41, 5.74) is -0.0912. The lowest BCUT2D eigenvalue weighted by Crippen LogP contribution is -2.32. The zero-order chi connectivity index (χ0) is 24.3. The summed E-state index contributed by atoms with van der Waals surface area (Å²) in [5.74, 6) is 0.516. The van der Waals surface area contributed by atoms with Crippen molar-refractivity contribution in [3.63, 3.8) is 0 Å². The molecule has 2 aromatic heterocycles. The number of aromatic amines is 1. The molecule has 1 aliphatic rings. The van der Waals surface area contributed by atoms with E-state index in [4.69, 9.17) is 4.74 Å². The van der Waals surface area contributed by atoms with Crippen molar-refractivity contribution in [2.75, 3.05) is 30.8 Å². The predicted octanol–water partition coefficient (Wildman–Crippen LogP) is 3.25. The van der Waals surface area contributed by atoms with Gasteiger partial charge in [-0.3, -0.25) is 4.79 Å². The number of nitrogens with one attached hydrogen (secondary N) is 3. The van der Waals surface area contributed by atoms with Crippen LogP contribution in [0.4, 0.5) is 30.6 Å². The number of H-pyrrole nitrogens is 1. The van der Waals surface area contributed by atoms with Crippen molar-refractivity contribution in [2.45, 2.75) is 25.6 Å². The third kappa shape index (κ3) is 5.05. The lowest BCUT2D eigenvalue weighted by molar-refractivity contribution is -0.677. The van der Waals surface area contributed by atoms with Gasteiger partial charge in [0.2, 0.25) is 5.95 Å². The number of carbonyl (C=O) groups is 1. The van der Waals surface area contributed by atoms with E-state index in [1.807, 2.05) is 0 Å². The van der Waals surface area contributed by atoms with Crippen LogP contribution in [0.5, 0.6) is 5.75 Å². The van der Waals surface area contributed by atoms with Crippen molar-refractivity contribution in [1.29, 1.82) is 0 Å². The Balaban J connectivity index is 1.57. The molecule has 180 valence electrons. The first-order valence-electron chi connectivity index (χ1n) is 10.7. The first-order chi connectivity index (χ1) is 16.3. The van der Waals surface area contributed by atoms with E-state index in [9.17, 15) is 18.0 Å².